The van der Waals surface area contributed by atoms with Crippen LogP contribution in [0.1, 0.15) is 107 Å². The van der Waals surface area contributed by atoms with Gasteiger partial charge in [0, 0.05) is 25.7 Å². The van der Waals surface area contributed by atoms with Crippen molar-refractivity contribution in [2.75, 3.05) is 13.7 Å². The Labute approximate surface area is 375 Å². The lowest BCUT2D eigenvalue weighted by atomic mass is 9.89. The molecule has 0 aromatic heterocycles. The Balaban J connectivity index is 2.45. The Kier molecular flexibility index (Phi) is 20.1. The number of ketones is 1. The normalized spacial score (nSPS) is 21.2. The van der Waals surface area contributed by atoms with E-state index in [9.17, 15) is 9.59 Å². The standard InChI is InChI=1S/C45H82INO9Si3/c1-31(37(23-24-46)51-29-33-19-21-35(50-12)22-20-33)25-34(48)26-32(2)41-40(56-59(17,18)45(9,10)11)28-38(53-41)39(55-58(15,16)44(6,7)8)27-36(30-52-42(47)49)54-57(13,14)43(3,4)5/h19-24,31-32,36-41H,25-30H2,1-18H3,(H2,47,49)/b24-23+/t31-,32-,36+,37+,38-,39-,40-,41-/m0/s1. The Morgan fingerprint density at radius 3 is 1.90 bits per heavy atom. The first-order valence-electron chi connectivity index (χ1n) is 21.5. The van der Waals surface area contributed by atoms with Crippen LogP contribution in [0.2, 0.25) is 54.4 Å². The number of benzene rings is 1. The molecule has 1 aromatic carbocycles. The average molecular weight is 992 g/mol. The first-order chi connectivity index (χ1) is 26.8. The molecule has 1 saturated heterocycles. The maximum absolute atomic E-state index is 14.0. The van der Waals surface area contributed by atoms with Crippen molar-refractivity contribution in [3.05, 3.63) is 40.0 Å². The lowest BCUT2D eigenvalue weighted by Gasteiger charge is -2.43. The lowest BCUT2D eigenvalue weighted by molar-refractivity contribution is -0.124. The molecule has 0 saturated carbocycles. The Bertz CT molecular complexity index is 1500. The fourth-order valence-electron chi connectivity index (χ4n) is 6.56. The van der Waals surface area contributed by atoms with Crippen LogP contribution in [0, 0.1) is 11.8 Å². The van der Waals surface area contributed by atoms with Crippen LogP contribution >= 0.6 is 22.6 Å². The highest BCUT2D eigenvalue weighted by atomic mass is 127. The van der Waals surface area contributed by atoms with Gasteiger partial charge in [-0.25, -0.2) is 4.79 Å². The van der Waals surface area contributed by atoms with Crippen LogP contribution in [-0.4, -0.2) is 87.2 Å². The Morgan fingerprint density at radius 1 is 0.864 bits per heavy atom. The number of carbonyl (C=O) groups excluding carboxylic acids is 2. The van der Waals surface area contributed by atoms with E-state index >= 15 is 0 Å². The maximum atomic E-state index is 14.0. The second kappa shape index (κ2) is 22.0. The fraction of sp³-hybridized carbons (Fsp3) is 0.778. The number of methoxy groups -OCH3 is 1. The molecule has 1 aliphatic heterocycles. The van der Waals surface area contributed by atoms with Crippen LogP contribution in [0.25, 0.3) is 0 Å². The molecule has 1 aliphatic rings. The van der Waals surface area contributed by atoms with Crippen LogP contribution in [0.4, 0.5) is 4.79 Å². The van der Waals surface area contributed by atoms with Gasteiger partial charge in [0.1, 0.15) is 18.1 Å². The van der Waals surface area contributed by atoms with Gasteiger partial charge in [-0.15, -0.1) is 0 Å². The highest BCUT2D eigenvalue weighted by Gasteiger charge is 2.51. The average Bonchev–Trinajstić information content (AvgIpc) is 3.50. The summed E-state index contributed by atoms with van der Waals surface area (Å²) in [6, 6.07) is 7.85. The number of Topliss-reactive ketones (excluding diaryl/α,β-unsaturated/α-hetero) is 1. The zero-order valence-corrected chi connectivity index (χ0v) is 45.1. The number of rotatable bonds is 22. The zero-order valence-electron chi connectivity index (χ0n) is 40.0. The third kappa shape index (κ3) is 16.5. The largest absolute Gasteiger partial charge is 0.497 e. The lowest BCUT2D eigenvalue weighted by Crippen LogP contribution is -2.51. The van der Waals surface area contributed by atoms with E-state index in [1.54, 1.807) is 7.11 Å². The van der Waals surface area contributed by atoms with Crippen molar-refractivity contribution in [2.45, 2.75) is 199 Å². The van der Waals surface area contributed by atoms with Gasteiger partial charge in [0.15, 0.2) is 25.0 Å². The maximum Gasteiger partial charge on any atom is 0.404 e. The molecule has 1 aromatic rings. The summed E-state index contributed by atoms with van der Waals surface area (Å²) in [6.07, 6.45) is 1.10. The van der Waals surface area contributed by atoms with E-state index in [-0.39, 0.29) is 69.9 Å². The van der Waals surface area contributed by atoms with Crippen molar-refractivity contribution in [3.8, 4) is 5.75 Å². The summed E-state index contributed by atoms with van der Waals surface area (Å²) in [4.78, 5) is 25.9. The minimum atomic E-state index is -2.35. The number of nitrogens with two attached hydrogens (primary N) is 1. The quantitative estimate of drug-likeness (QED) is 0.0893. The molecule has 1 amide bonds. The van der Waals surface area contributed by atoms with Crippen LogP contribution in [0.5, 0.6) is 5.75 Å². The summed E-state index contributed by atoms with van der Waals surface area (Å²) in [6.45, 7) is 38.1. The van der Waals surface area contributed by atoms with Gasteiger partial charge >= 0.3 is 6.09 Å². The minimum Gasteiger partial charge on any atom is -0.497 e. The fourth-order valence-corrected chi connectivity index (χ4v) is 11.0. The molecule has 0 bridgehead atoms. The summed E-state index contributed by atoms with van der Waals surface area (Å²) in [5.41, 5.74) is 6.55. The van der Waals surface area contributed by atoms with Gasteiger partial charge < -0.3 is 38.0 Å². The van der Waals surface area contributed by atoms with Crippen molar-refractivity contribution in [1.29, 1.82) is 0 Å². The van der Waals surface area contributed by atoms with E-state index in [0.29, 0.717) is 32.3 Å². The molecule has 340 valence electrons. The predicted octanol–water partition coefficient (Wildman–Crippen LogP) is 12.0. The van der Waals surface area contributed by atoms with Gasteiger partial charge in [0.05, 0.1) is 50.3 Å². The number of ether oxygens (including phenoxy) is 4. The third-order valence-corrected chi connectivity index (χ3v) is 27.3. The Hall–Kier alpha value is -1.12. The van der Waals surface area contributed by atoms with Crippen molar-refractivity contribution >= 4 is 59.4 Å². The smallest absolute Gasteiger partial charge is 0.404 e. The molecule has 59 heavy (non-hydrogen) atoms. The van der Waals surface area contributed by atoms with E-state index in [1.807, 2.05) is 34.4 Å². The monoisotopic (exact) mass is 991 g/mol. The summed E-state index contributed by atoms with van der Waals surface area (Å²) < 4.78 is 47.6. The molecule has 0 radical (unpaired) electrons. The van der Waals surface area contributed by atoms with E-state index < -0.39 is 37.1 Å². The summed E-state index contributed by atoms with van der Waals surface area (Å²) >= 11 is 2.21. The molecule has 10 nitrogen and oxygen atoms in total. The van der Waals surface area contributed by atoms with Crippen molar-refractivity contribution in [3.63, 3.8) is 0 Å². The summed E-state index contributed by atoms with van der Waals surface area (Å²) in [5.74, 6) is 0.828. The number of carbonyl (C=O) groups is 2. The Morgan fingerprint density at radius 2 is 1.41 bits per heavy atom. The van der Waals surface area contributed by atoms with Gasteiger partial charge in [-0.1, -0.05) is 111 Å². The number of halogens is 1. The van der Waals surface area contributed by atoms with E-state index in [0.717, 1.165) is 11.3 Å². The highest BCUT2D eigenvalue weighted by molar-refractivity contribution is 14.1. The number of hydrogen-bond donors (Lipinski definition) is 1. The van der Waals surface area contributed by atoms with E-state index in [4.69, 9.17) is 38.0 Å². The molecular formula is C45H82INO9Si3. The zero-order chi connectivity index (χ0) is 45.4. The molecule has 2 N–H and O–H groups in total. The molecule has 0 aliphatic carbocycles. The molecule has 1 fully saturated rings. The third-order valence-electron chi connectivity index (χ3n) is 13.3. The molecule has 0 spiro atoms. The summed E-state index contributed by atoms with van der Waals surface area (Å²) in [5, 5.41) is -0.166. The van der Waals surface area contributed by atoms with Crippen LogP contribution in [0.3, 0.4) is 0 Å². The summed E-state index contributed by atoms with van der Waals surface area (Å²) in [7, 11) is -5.26. The van der Waals surface area contributed by atoms with Crippen LogP contribution < -0.4 is 10.5 Å². The minimum absolute atomic E-state index is 0.0254. The number of amides is 1. The van der Waals surface area contributed by atoms with Crippen molar-refractivity contribution in [2.24, 2.45) is 17.6 Å². The number of hydrogen-bond acceptors (Lipinski definition) is 9. The molecule has 0 unspecified atom stereocenters. The first kappa shape index (κ1) is 54.0. The number of primary amides is 1. The second-order valence-corrected chi connectivity index (χ2v) is 36.4. The molecular weight excluding hydrogens is 910 g/mol. The molecule has 8 atom stereocenters. The molecule has 14 heteroatoms. The van der Waals surface area contributed by atoms with Gasteiger partial charge in [0.25, 0.3) is 0 Å². The van der Waals surface area contributed by atoms with Gasteiger partial charge in [-0.3, -0.25) is 4.79 Å². The highest BCUT2D eigenvalue weighted by Crippen LogP contribution is 2.45. The van der Waals surface area contributed by atoms with Gasteiger partial charge in [-0.05, 0) is 94.1 Å². The topological polar surface area (TPSA) is 125 Å². The van der Waals surface area contributed by atoms with Crippen molar-refractivity contribution in [1.82, 2.24) is 0 Å². The first-order valence-corrected chi connectivity index (χ1v) is 31.5. The van der Waals surface area contributed by atoms with Crippen molar-refractivity contribution < 1.29 is 41.8 Å². The second-order valence-electron chi connectivity index (χ2n) is 21.4. The van der Waals surface area contributed by atoms with Gasteiger partial charge in [0.2, 0.25) is 0 Å². The van der Waals surface area contributed by atoms with Gasteiger partial charge in [-0.2, -0.15) is 0 Å². The van der Waals surface area contributed by atoms with E-state index in [1.165, 1.54) is 0 Å². The SMILES string of the molecule is COc1ccc(CO[C@H](/C=C/I)[C@@H](C)CC(=O)C[C@H](C)[C@@H]2O[C@H]([C@H](C[C@H](COC(N)=O)O[Si](C)(C)C(C)(C)C)O[Si](C)(C)C(C)(C)C)C[C@@H]2O[Si](C)(C)C(C)(C)C)cc1. The van der Waals surface area contributed by atoms with E-state index in [2.05, 4.69) is 138 Å². The van der Waals surface area contributed by atoms with Crippen LogP contribution in [-0.2, 0) is 38.9 Å². The molecule has 2 rings (SSSR count). The molecule has 1 heterocycles. The van der Waals surface area contributed by atoms with Crippen LogP contribution in [0.15, 0.2) is 34.4 Å². The predicted molar refractivity (Wildman–Crippen MR) is 257 cm³/mol.